The average molecular weight is 215 g/mol. The molecule has 1 rings (SSSR count). The fourth-order valence-electron chi connectivity index (χ4n) is 0.760. The molecule has 1 aromatic heterocycles. The van der Waals surface area contributed by atoms with Crippen molar-refractivity contribution in [1.29, 1.82) is 0 Å². The smallest absolute Gasteiger partial charge is 0.320 e. The summed E-state index contributed by atoms with van der Waals surface area (Å²) in [5.74, 6) is -0.943. The monoisotopic (exact) mass is 215 g/mol. The second kappa shape index (κ2) is 4.56. The molecule has 3 N–H and O–H groups in total. The number of carbonyl (C=O) groups excluding carboxylic acids is 1. The van der Waals surface area contributed by atoms with Crippen LogP contribution in [0, 0.1) is 0 Å². The molecule has 0 aliphatic carbocycles. The van der Waals surface area contributed by atoms with Crippen molar-refractivity contribution in [1.82, 2.24) is 10.3 Å². The summed E-state index contributed by atoms with van der Waals surface area (Å²) in [5.41, 5.74) is 0.439. The predicted octanol–water partition coefficient (Wildman–Crippen LogP) is 0.521. The number of hydrogen-bond acceptors (Lipinski definition) is 4. The van der Waals surface area contributed by atoms with Crippen LogP contribution in [0.1, 0.15) is 5.69 Å². The van der Waals surface area contributed by atoms with Gasteiger partial charge in [0, 0.05) is 12.4 Å². The Morgan fingerprint density at radius 3 is 2.93 bits per heavy atom. The number of rotatable bonds is 3. The highest BCUT2D eigenvalue weighted by molar-refractivity contribution is 7.13. The summed E-state index contributed by atoms with van der Waals surface area (Å²) in [5, 5.41) is 15.3. The van der Waals surface area contributed by atoms with Gasteiger partial charge in [0.2, 0.25) is 0 Å². The van der Waals surface area contributed by atoms with E-state index in [0.717, 1.165) is 0 Å². The number of hydrogen-bond donors (Lipinski definition) is 3. The standard InChI is InChI=1S/C7H9N3O3S/c1-8-6(13)10-7-9-4(3-14-7)2-5(11)12/h3H,2H2,1H3,(H,11,12)(H2,8,9,10,13). The third kappa shape index (κ3) is 3.02. The van der Waals surface area contributed by atoms with Gasteiger partial charge in [-0.1, -0.05) is 0 Å². The van der Waals surface area contributed by atoms with Gasteiger partial charge >= 0.3 is 12.0 Å². The first-order valence-electron chi connectivity index (χ1n) is 3.76. The molecular weight excluding hydrogens is 206 g/mol. The van der Waals surface area contributed by atoms with Crippen LogP contribution in [-0.4, -0.2) is 29.1 Å². The summed E-state index contributed by atoms with van der Waals surface area (Å²) < 4.78 is 0. The number of anilines is 1. The predicted molar refractivity (Wildman–Crippen MR) is 51.5 cm³/mol. The van der Waals surface area contributed by atoms with Gasteiger partial charge in [-0.15, -0.1) is 11.3 Å². The summed E-state index contributed by atoms with van der Waals surface area (Å²) in [6.45, 7) is 0. The van der Waals surface area contributed by atoms with Crippen LogP contribution in [0.15, 0.2) is 5.38 Å². The number of urea groups is 1. The van der Waals surface area contributed by atoms with Gasteiger partial charge in [-0.3, -0.25) is 10.1 Å². The molecule has 0 saturated heterocycles. The van der Waals surface area contributed by atoms with E-state index < -0.39 is 5.97 Å². The van der Waals surface area contributed by atoms with Crippen molar-refractivity contribution < 1.29 is 14.7 Å². The SMILES string of the molecule is CNC(=O)Nc1nc(CC(=O)O)cs1. The van der Waals surface area contributed by atoms with Crippen molar-refractivity contribution >= 4 is 28.5 Å². The highest BCUT2D eigenvalue weighted by atomic mass is 32.1. The van der Waals surface area contributed by atoms with E-state index >= 15 is 0 Å². The molecule has 0 spiro atoms. The van der Waals surface area contributed by atoms with Gasteiger partial charge < -0.3 is 10.4 Å². The molecular formula is C7H9N3O3S. The van der Waals surface area contributed by atoms with E-state index in [-0.39, 0.29) is 12.5 Å². The minimum atomic E-state index is -0.943. The molecule has 0 aliphatic rings. The summed E-state index contributed by atoms with van der Waals surface area (Å²) >= 11 is 1.19. The summed E-state index contributed by atoms with van der Waals surface area (Å²) in [7, 11) is 1.49. The molecule has 0 aromatic carbocycles. The quantitative estimate of drug-likeness (QED) is 0.685. The fraction of sp³-hybridized carbons (Fsp3) is 0.286. The van der Waals surface area contributed by atoms with Crippen LogP contribution in [0.2, 0.25) is 0 Å². The first kappa shape index (κ1) is 10.5. The van der Waals surface area contributed by atoms with E-state index in [0.29, 0.717) is 10.8 Å². The number of carboxylic acid groups (broad SMARTS) is 1. The Hall–Kier alpha value is -1.63. The number of carbonyl (C=O) groups is 2. The minimum absolute atomic E-state index is 0.133. The first-order chi connectivity index (χ1) is 6.61. The highest BCUT2D eigenvalue weighted by Gasteiger charge is 2.07. The number of nitrogens with zero attached hydrogens (tertiary/aromatic N) is 1. The number of carboxylic acids is 1. The molecule has 1 heterocycles. The third-order valence-electron chi connectivity index (χ3n) is 1.33. The lowest BCUT2D eigenvalue weighted by atomic mass is 10.3. The van der Waals surface area contributed by atoms with Crippen molar-refractivity contribution in [3.8, 4) is 0 Å². The van der Waals surface area contributed by atoms with Crippen molar-refractivity contribution in [2.45, 2.75) is 6.42 Å². The third-order valence-corrected chi connectivity index (χ3v) is 2.14. The molecule has 0 fully saturated rings. The van der Waals surface area contributed by atoms with Crippen molar-refractivity contribution in [3.05, 3.63) is 11.1 Å². The Morgan fingerprint density at radius 1 is 1.64 bits per heavy atom. The largest absolute Gasteiger partial charge is 0.481 e. The maximum Gasteiger partial charge on any atom is 0.320 e. The number of thiazole rings is 1. The Kier molecular flexibility index (Phi) is 3.41. The van der Waals surface area contributed by atoms with Crippen LogP contribution in [-0.2, 0) is 11.2 Å². The van der Waals surface area contributed by atoms with Crippen LogP contribution in [0.25, 0.3) is 0 Å². The van der Waals surface area contributed by atoms with Gasteiger partial charge in [0.1, 0.15) is 0 Å². The van der Waals surface area contributed by atoms with Crippen LogP contribution in [0.5, 0.6) is 0 Å². The van der Waals surface area contributed by atoms with Crippen LogP contribution >= 0.6 is 11.3 Å². The van der Waals surface area contributed by atoms with E-state index in [1.807, 2.05) is 0 Å². The number of nitrogens with one attached hydrogen (secondary N) is 2. The zero-order valence-electron chi connectivity index (χ0n) is 7.40. The normalized spacial score (nSPS) is 9.50. The van der Waals surface area contributed by atoms with Gasteiger partial charge in [0.15, 0.2) is 5.13 Å². The van der Waals surface area contributed by atoms with Crippen molar-refractivity contribution in [3.63, 3.8) is 0 Å². The molecule has 0 atom stereocenters. The van der Waals surface area contributed by atoms with Crippen molar-refractivity contribution in [2.24, 2.45) is 0 Å². The van der Waals surface area contributed by atoms with E-state index in [9.17, 15) is 9.59 Å². The average Bonchev–Trinajstić information content (AvgIpc) is 2.51. The summed E-state index contributed by atoms with van der Waals surface area (Å²) in [6, 6.07) is -0.374. The van der Waals surface area contributed by atoms with Crippen molar-refractivity contribution in [2.75, 3.05) is 12.4 Å². The molecule has 1 aromatic rings. The maximum absolute atomic E-state index is 10.8. The summed E-state index contributed by atoms with van der Waals surface area (Å²) in [4.78, 5) is 25.1. The van der Waals surface area contributed by atoms with Gasteiger partial charge in [-0.2, -0.15) is 0 Å². The van der Waals surface area contributed by atoms with E-state index in [2.05, 4.69) is 15.6 Å². The second-order valence-electron chi connectivity index (χ2n) is 2.42. The number of amides is 2. The Morgan fingerprint density at radius 2 is 2.36 bits per heavy atom. The van der Waals surface area contributed by atoms with E-state index in [4.69, 9.17) is 5.11 Å². The molecule has 76 valence electrons. The zero-order valence-corrected chi connectivity index (χ0v) is 8.22. The van der Waals surface area contributed by atoms with Crippen LogP contribution in [0.4, 0.5) is 9.93 Å². The highest BCUT2D eigenvalue weighted by Crippen LogP contribution is 2.15. The molecule has 0 aliphatic heterocycles. The molecule has 0 unspecified atom stereocenters. The van der Waals surface area contributed by atoms with Crippen LogP contribution < -0.4 is 10.6 Å². The second-order valence-corrected chi connectivity index (χ2v) is 3.28. The fourth-order valence-corrected chi connectivity index (χ4v) is 1.47. The summed E-state index contributed by atoms with van der Waals surface area (Å²) in [6.07, 6.45) is -0.133. The minimum Gasteiger partial charge on any atom is -0.481 e. The number of aliphatic carboxylic acids is 1. The lowest BCUT2D eigenvalue weighted by Crippen LogP contribution is -2.24. The Balaban J connectivity index is 2.59. The molecule has 0 saturated carbocycles. The maximum atomic E-state index is 10.8. The van der Waals surface area contributed by atoms with Gasteiger partial charge in [-0.05, 0) is 0 Å². The van der Waals surface area contributed by atoms with Gasteiger partial charge in [0.05, 0.1) is 12.1 Å². The topological polar surface area (TPSA) is 91.3 Å². The Labute approximate surface area is 84.0 Å². The zero-order chi connectivity index (χ0) is 10.6. The molecule has 14 heavy (non-hydrogen) atoms. The molecule has 7 heteroatoms. The number of aromatic nitrogens is 1. The molecule has 0 bridgehead atoms. The molecule has 0 radical (unpaired) electrons. The lowest BCUT2D eigenvalue weighted by molar-refractivity contribution is -0.136. The Bertz CT molecular complexity index is 350. The van der Waals surface area contributed by atoms with Gasteiger partial charge in [-0.25, -0.2) is 9.78 Å². The molecule has 2 amide bonds. The lowest BCUT2D eigenvalue weighted by Gasteiger charge is -1.97. The van der Waals surface area contributed by atoms with Gasteiger partial charge in [0.25, 0.3) is 0 Å². The van der Waals surface area contributed by atoms with Crippen LogP contribution in [0.3, 0.4) is 0 Å². The van der Waals surface area contributed by atoms with E-state index in [1.54, 1.807) is 5.38 Å². The van der Waals surface area contributed by atoms with E-state index in [1.165, 1.54) is 18.4 Å². The molecule has 6 nitrogen and oxygen atoms in total. The first-order valence-corrected chi connectivity index (χ1v) is 4.64.